The lowest BCUT2D eigenvalue weighted by Gasteiger charge is -2.08. The standard InChI is InChI=1S/C21H17ClN6O4/c1-32-21(31)14-4-8-16(9-5-14)24-17(29)11-27-12-23-19-18(20(27)30)25-26-28(19)10-13-2-6-15(22)7-3-13/h2-9,12H,10-11H2,1H3,(H,24,29). The van der Waals surface area contributed by atoms with Crippen LogP contribution < -0.4 is 10.9 Å². The molecule has 0 saturated heterocycles. The lowest BCUT2D eigenvalue weighted by atomic mass is 10.2. The van der Waals surface area contributed by atoms with Crippen molar-refractivity contribution in [3.8, 4) is 0 Å². The van der Waals surface area contributed by atoms with Crippen LogP contribution in [0.15, 0.2) is 59.7 Å². The molecule has 162 valence electrons. The van der Waals surface area contributed by atoms with Crippen molar-refractivity contribution in [3.05, 3.63) is 81.4 Å². The Morgan fingerprint density at radius 2 is 1.81 bits per heavy atom. The van der Waals surface area contributed by atoms with Crippen molar-refractivity contribution < 1.29 is 14.3 Å². The number of fused-ring (bicyclic) bond motifs is 1. The number of esters is 1. The fourth-order valence-electron chi connectivity index (χ4n) is 3.03. The Hall–Kier alpha value is -4.05. The number of nitrogens with one attached hydrogen (secondary N) is 1. The van der Waals surface area contributed by atoms with Gasteiger partial charge in [-0.1, -0.05) is 28.9 Å². The van der Waals surface area contributed by atoms with Crippen LogP contribution in [0.3, 0.4) is 0 Å². The maximum atomic E-state index is 12.7. The summed E-state index contributed by atoms with van der Waals surface area (Å²) in [5, 5.41) is 11.2. The van der Waals surface area contributed by atoms with Gasteiger partial charge in [0.05, 0.1) is 19.2 Å². The van der Waals surface area contributed by atoms with Gasteiger partial charge in [0.1, 0.15) is 12.9 Å². The van der Waals surface area contributed by atoms with Gasteiger partial charge in [0, 0.05) is 10.7 Å². The first-order valence-corrected chi connectivity index (χ1v) is 9.83. The normalized spacial score (nSPS) is 10.8. The van der Waals surface area contributed by atoms with Crippen LogP contribution in [0.5, 0.6) is 0 Å². The number of amides is 1. The quantitative estimate of drug-likeness (QED) is 0.445. The van der Waals surface area contributed by atoms with Gasteiger partial charge in [0.25, 0.3) is 5.56 Å². The van der Waals surface area contributed by atoms with E-state index in [1.54, 1.807) is 24.3 Å². The Bertz CT molecular complexity index is 1350. The van der Waals surface area contributed by atoms with Crippen molar-refractivity contribution in [2.24, 2.45) is 0 Å². The van der Waals surface area contributed by atoms with Crippen LogP contribution in [-0.4, -0.2) is 43.5 Å². The predicted molar refractivity (Wildman–Crippen MR) is 117 cm³/mol. The van der Waals surface area contributed by atoms with Gasteiger partial charge in [-0.25, -0.2) is 14.5 Å². The van der Waals surface area contributed by atoms with E-state index in [-0.39, 0.29) is 12.1 Å². The smallest absolute Gasteiger partial charge is 0.337 e. The second-order valence-corrected chi connectivity index (χ2v) is 7.28. The number of nitrogens with zero attached hydrogens (tertiary/aromatic N) is 5. The zero-order valence-corrected chi connectivity index (χ0v) is 17.6. The average molecular weight is 453 g/mol. The summed E-state index contributed by atoms with van der Waals surface area (Å²) in [7, 11) is 1.29. The molecule has 2 heterocycles. The molecule has 32 heavy (non-hydrogen) atoms. The Balaban J connectivity index is 1.48. The van der Waals surface area contributed by atoms with E-state index in [2.05, 4.69) is 25.3 Å². The number of carbonyl (C=O) groups is 2. The molecule has 0 atom stereocenters. The molecule has 0 saturated carbocycles. The van der Waals surface area contributed by atoms with E-state index in [1.807, 2.05) is 12.1 Å². The molecule has 0 fully saturated rings. The number of aromatic nitrogens is 5. The minimum Gasteiger partial charge on any atom is -0.465 e. The molecule has 11 heteroatoms. The number of benzene rings is 2. The maximum Gasteiger partial charge on any atom is 0.337 e. The van der Waals surface area contributed by atoms with Gasteiger partial charge < -0.3 is 10.1 Å². The highest BCUT2D eigenvalue weighted by Gasteiger charge is 2.14. The molecule has 10 nitrogen and oxygen atoms in total. The summed E-state index contributed by atoms with van der Waals surface area (Å²) < 4.78 is 7.30. The number of methoxy groups -OCH3 is 1. The molecule has 4 rings (SSSR count). The number of halogens is 1. The number of rotatable bonds is 6. The van der Waals surface area contributed by atoms with Gasteiger partial charge in [-0.15, -0.1) is 5.10 Å². The molecule has 1 N–H and O–H groups in total. The van der Waals surface area contributed by atoms with Crippen molar-refractivity contribution in [1.82, 2.24) is 24.5 Å². The maximum absolute atomic E-state index is 12.7. The van der Waals surface area contributed by atoms with Crippen molar-refractivity contribution >= 4 is 40.3 Å². The van der Waals surface area contributed by atoms with Crippen LogP contribution in [-0.2, 0) is 22.6 Å². The molecule has 0 bridgehead atoms. The number of hydrogen-bond donors (Lipinski definition) is 1. The summed E-state index contributed by atoms with van der Waals surface area (Å²) in [4.78, 5) is 40.9. The molecule has 0 aliphatic heterocycles. The second-order valence-electron chi connectivity index (χ2n) is 6.84. The summed E-state index contributed by atoms with van der Waals surface area (Å²) in [6, 6.07) is 13.4. The van der Waals surface area contributed by atoms with E-state index < -0.39 is 17.4 Å². The first kappa shape index (κ1) is 21.2. The molecule has 0 spiro atoms. The molecule has 2 aromatic heterocycles. The fourth-order valence-corrected chi connectivity index (χ4v) is 3.16. The number of anilines is 1. The predicted octanol–water partition coefficient (Wildman–Crippen LogP) is 2.11. The van der Waals surface area contributed by atoms with Crippen molar-refractivity contribution in [2.75, 3.05) is 12.4 Å². The molecule has 0 aliphatic rings. The van der Waals surface area contributed by atoms with Crippen molar-refractivity contribution in [1.29, 1.82) is 0 Å². The number of ether oxygens (including phenoxy) is 1. The van der Waals surface area contributed by atoms with Crippen molar-refractivity contribution in [3.63, 3.8) is 0 Å². The third-order valence-corrected chi connectivity index (χ3v) is 4.89. The first-order chi connectivity index (χ1) is 15.4. The van der Waals surface area contributed by atoms with E-state index in [4.69, 9.17) is 11.6 Å². The van der Waals surface area contributed by atoms with Gasteiger partial charge in [0.2, 0.25) is 5.91 Å². The topological polar surface area (TPSA) is 121 Å². The largest absolute Gasteiger partial charge is 0.465 e. The Labute approximate surface area is 186 Å². The SMILES string of the molecule is COC(=O)c1ccc(NC(=O)Cn2cnc3c(nnn3Cc3ccc(Cl)cc3)c2=O)cc1. The average Bonchev–Trinajstić information content (AvgIpc) is 3.20. The van der Waals surface area contributed by atoms with Crippen molar-refractivity contribution in [2.45, 2.75) is 13.1 Å². The van der Waals surface area contributed by atoms with E-state index in [0.29, 0.717) is 28.5 Å². The lowest BCUT2D eigenvalue weighted by molar-refractivity contribution is -0.116. The third-order valence-electron chi connectivity index (χ3n) is 4.64. The fraction of sp³-hybridized carbons (Fsp3) is 0.143. The van der Waals surface area contributed by atoms with E-state index in [9.17, 15) is 14.4 Å². The lowest BCUT2D eigenvalue weighted by Crippen LogP contribution is -2.28. The minimum atomic E-state index is -0.478. The van der Waals surface area contributed by atoms with Gasteiger partial charge in [0.15, 0.2) is 11.2 Å². The van der Waals surface area contributed by atoms with Crippen LogP contribution >= 0.6 is 11.6 Å². The molecular formula is C21H17ClN6O4. The third kappa shape index (κ3) is 4.49. The summed E-state index contributed by atoms with van der Waals surface area (Å²) in [6.07, 6.45) is 1.28. The Morgan fingerprint density at radius 3 is 2.50 bits per heavy atom. The zero-order valence-electron chi connectivity index (χ0n) is 16.9. The van der Waals surface area contributed by atoms with E-state index in [1.165, 1.54) is 30.3 Å². The van der Waals surface area contributed by atoms with Gasteiger partial charge in [-0.3, -0.25) is 14.2 Å². The molecule has 4 aromatic rings. The summed E-state index contributed by atoms with van der Waals surface area (Å²) in [5.41, 5.74) is 1.66. The van der Waals surface area contributed by atoms with Crippen LogP contribution in [0, 0.1) is 0 Å². The van der Waals surface area contributed by atoms with E-state index >= 15 is 0 Å². The number of carbonyl (C=O) groups excluding carboxylic acids is 2. The highest BCUT2D eigenvalue weighted by atomic mass is 35.5. The molecule has 1 amide bonds. The second kappa shape index (κ2) is 8.98. The molecule has 0 unspecified atom stereocenters. The Kier molecular flexibility index (Phi) is 5.95. The molecule has 2 aromatic carbocycles. The van der Waals surface area contributed by atoms with Crippen LogP contribution in [0.2, 0.25) is 5.02 Å². The molecule has 0 radical (unpaired) electrons. The monoisotopic (exact) mass is 452 g/mol. The van der Waals surface area contributed by atoms with Crippen LogP contribution in [0.1, 0.15) is 15.9 Å². The molecular weight excluding hydrogens is 436 g/mol. The van der Waals surface area contributed by atoms with Gasteiger partial charge in [-0.2, -0.15) is 0 Å². The summed E-state index contributed by atoms with van der Waals surface area (Å²) in [5.74, 6) is -0.912. The zero-order chi connectivity index (χ0) is 22.7. The summed E-state index contributed by atoms with van der Waals surface area (Å²) >= 11 is 5.90. The Morgan fingerprint density at radius 1 is 1.09 bits per heavy atom. The highest BCUT2D eigenvalue weighted by Crippen LogP contribution is 2.13. The van der Waals surface area contributed by atoms with Gasteiger partial charge >= 0.3 is 5.97 Å². The van der Waals surface area contributed by atoms with E-state index in [0.717, 1.165) is 10.1 Å². The minimum absolute atomic E-state index is 0.0664. The summed E-state index contributed by atoms with van der Waals surface area (Å²) in [6.45, 7) is 0.108. The number of hydrogen-bond acceptors (Lipinski definition) is 7. The van der Waals surface area contributed by atoms with Crippen LogP contribution in [0.4, 0.5) is 5.69 Å². The highest BCUT2D eigenvalue weighted by molar-refractivity contribution is 6.30. The first-order valence-electron chi connectivity index (χ1n) is 9.46. The van der Waals surface area contributed by atoms with Crippen LogP contribution in [0.25, 0.3) is 11.2 Å². The van der Waals surface area contributed by atoms with Gasteiger partial charge in [-0.05, 0) is 42.0 Å². The molecule has 0 aliphatic carbocycles.